The summed E-state index contributed by atoms with van der Waals surface area (Å²) in [6.45, 7) is 1.35. The average Bonchev–Trinajstić information content (AvgIpc) is 2.77. The summed E-state index contributed by atoms with van der Waals surface area (Å²) < 4.78 is 0. The lowest BCUT2D eigenvalue weighted by atomic mass is 9.94. The van der Waals surface area contributed by atoms with Gasteiger partial charge in [-0.15, -0.1) is 0 Å². The molecule has 17 heavy (non-hydrogen) atoms. The van der Waals surface area contributed by atoms with Gasteiger partial charge in [0.2, 0.25) is 5.91 Å². The van der Waals surface area contributed by atoms with Gasteiger partial charge in [-0.1, -0.05) is 25.7 Å². The standard InChI is InChI=1S/C13H24N2O2/c16-12(11-6-5-9-14-11)15-10-13(17)7-3-1-2-4-8-13/h11,14,17H,1-10H2,(H,15,16)/t11-/m0/s1. The molecule has 4 nitrogen and oxygen atoms in total. The Morgan fingerprint density at radius 3 is 2.53 bits per heavy atom. The van der Waals surface area contributed by atoms with Gasteiger partial charge in [0.1, 0.15) is 0 Å². The topological polar surface area (TPSA) is 61.4 Å². The Morgan fingerprint density at radius 1 is 1.24 bits per heavy atom. The van der Waals surface area contributed by atoms with E-state index >= 15 is 0 Å². The minimum Gasteiger partial charge on any atom is -0.388 e. The maximum atomic E-state index is 11.8. The lowest BCUT2D eigenvalue weighted by Crippen LogP contribution is -2.48. The van der Waals surface area contributed by atoms with E-state index < -0.39 is 5.60 Å². The molecular weight excluding hydrogens is 216 g/mol. The quantitative estimate of drug-likeness (QED) is 0.643. The number of aliphatic hydroxyl groups is 1. The number of amides is 1. The molecule has 1 atom stereocenters. The molecule has 2 aliphatic rings. The van der Waals surface area contributed by atoms with E-state index in [2.05, 4.69) is 10.6 Å². The predicted octanol–water partition coefficient (Wildman–Crippen LogP) is 0.940. The van der Waals surface area contributed by atoms with Gasteiger partial charge < -0.3 is 15.7 Å². The van der Waals surface area contributed by atoms with Gasteiger partial charge in [-0.2, -0.15) is 0 Å². The van der Waals surface area contributed by atoms with Gasteiger partial charge in [0.05, 0.1) is 11.6 Å². The summed E-state index contributed by atoms with van der Waals surface area (Å²) in [5.74, 6) is 0.0557. The first-order valence-corrected chi connectivity index (χ1v) is 6.93. The van der Waals surface area contributed by atoms with E-state index in [0.29, 0.717) is 6.54 Å². The largest absolute Gasteiger partial charge is 0.388 e. The van der Waals surface area contributed by atoms with Crippen LogP contribution < -0.4 is 10.6 Å². The third-order valence-corrected chi connectivity index (χ3v) is 4.00. The van der Waals surface area contributed by atoms with Crippen LogP contribution in [0.1, 0.15) is 51.4 Å². The van der Waals surface area contributed by atoms with Crippen LogP contribution in [0, 0.1) is 0 Å². The van der Waals surface area contributed by atoms with Gasteiger partial charge in [0.15, 0.2) is 0 Å². The number of hydrogen-bond donors (Lipinski definition) is 3. The first-order chi connectivity index (χ1) is 8.20. The minimum atomic E-state index is -0.662. The zero-order valence-corrected chi connectivity index (χ0v) is 10.5. The summed E-state index contributed by atoms with van der Waals surface area (Å²) in [6.07, 6.45) is 8.21. The van der Waals surface area contributed by atoms with Crippen molar-refractivity contribution in [3.63, 3.8) is 0 Å². The molecule has 1 saturated heterocycles. The van der Waals surface area contributed by atoms with Crippen molar-refractivity contribution in [2.45, 2.75) is 63.0 Å². The summed E-state index contributed by atoms with van der Waals surface area (Å²) >= 11 is 0. The molecule has 0 unspecified atom stereocenters. The van der Waals surface area contributed by atoms with Crippen LogP contribution in [0.4, 0.5) is 0 Å². The number of carbonyl (C=O) groups is 1. The Hall–Kier alpha value is -0.610. The minimum absolute atomic E-state index is 0.0376. The zero-order valence-electron chi connectivity index (χ0n) is 10.5. The molecule has 0 radical (unpaired) electrons. The van der Waals surface area contributed by atoms with Crippen molar-refractivity contribution in [3.05, 3.63) is 0 Å². The molecular formula is C13H24N2O2. The van der Waals surface area contributed by atoms with Crippen LogP contribution >= 0.6 is 0 Å². The highest BCUT2D eigenvalue weighted by Crippen LogP contribution is 2.26. The number of hydrogen-bond acceptors (Lipinski definition) is 3. The van der Waals surface area contributed by atoms with Crippen LogP contribution in [-0.4, -0.2) is 35.7 Å². The fourth-order valence-corrected chi connectivity index (χ4v) is 2.85. The number of nitrogens with one attached hydrogen (secondary N) is 2. The van der Waals surface area contributed by atoms with E-state index in [0.717, 1.165) is 45.1 Å². The maximum absolute atomic E-state index is 11.8. The summed E-state index contributed by atoms with van der Waals surface area (Å²) in [7, 11) is 0. The predicted molar refractivity (Wildman–Crippen MR) is 66.7 cm³/mol. The van der Waals surface area contributed by atoms with E-state index in [1.165, 1.54) is 12.8 Å². The normalized spacial score (nSPS) is 28.6. The van der Waals surface area contributed by atoms with Gasteiger partial charge in [0.25, 0.3) is 0 Å². The SMILES string of the molecule is O=C(NCC1(O)CCCCCC1)[C@@H]1CCCN1. The van der Waals surface area contributed by atoms with Crippen molar-refractivity contribution in [2.24, 2.45) is 0 Å². The first-order valence-electron chi connectivity index (χ1n) is 6.93. The number of rotatable bonds is 3. The Bertz CT molecular complexity index is 254. The Kier molecular flexibility index (Phi) is 4.40. The van der Waals surface area contributed by atoms with E-state index in [4.69, 9.17) is 0 Å². The summed E-state index contributed by atoms with van der Waals surface area (Å²) in [5.41, 5.74) is -0.662. The van der Waals surface area contributed by atoms with Crippen molar-refractivity contribution in [2.75, 3.05) is 13.1 Å². The molecule has 0 aromatic carbocycles. The van der Waals surface area contributed by atoms with Gasteiger partial charge in [-0.05, 0) is 32.2 Å². The van der Waals surface area contributed by atoms with Crippen molar-refractivity contribution in [3.8, 4) is 0 Å². The van der Waals surface area contributed by atoms with Gasteiger partial charge in [0, 0.05) is 6.54 Å². The van der Waals surface area contributed by atoms with E-state index in [-0.39, 0.29) is 11.9 Å². The second-order valence-electron chi connectivity index (χ2n) is 5.51. The fraction of sp³-hybridized carbons (Fsp3) is 0.923. The second-order valence-corrected chi connectivity index (χ2v) is 5.51. The molecule has 1 amide bonds. The Morgan fingerprint density at radius 2 is 1.94 bits per heavy atom. The summed E-state index contributed by atoms with van der Waals surface area (Å²) in [5, 5.41) is 16.5. The monoisotopic (exact) mass is 240 g/mol. The summed E-state index contributed by atoms with van der Waals surface area (Å²) in [6, 6.07) is -0.0376. The molecule has 98 valence electrons. The molecule has 0 spiro atoms. The number of carbonyl (C=O) groups excluding carboxylic acids is 1. The van der Waals surface area contributed by atoms with Crippen LogP contribution in [0.5, 0.6) is 0 Å². The smallest absolute Gasteiger partial charge is 0.237 e. The molecule has 4 heteroatoms. The van der Waals surface area contributed by atoms with Crippen molar-refractivity contribution >= 4 is 5.91 Å². The van der Waals surface area contributed by atoms with Crippen LogP contribution in [0.15, 0.2) is 0 Å². The molecule has 3 N–H and O–H groups in total. The van der Waals surface area contributed by atoms with Gasteiger partial charge >= 0.3 is 0 Å². The molecule has 1 aliphatic carbocycles. The average molecular weight is 240 g/mol. The van der Waals surface area contributed by atoms with Gasteiger partial charge in [-0.25, -0.2) is 0 Å². The molecule has 0 aromatic heterocycles. The summed E-state index contributed by atoms with van der Waals surface area (Å²) in [4.78, 5) is 11.8. The van der Waals surface area contributed by atoms with Crippen LogP contribution in [0.25, 0.3) is 0 Å². The first kappa shape index (κ1) is 12.8. The lowest BCUT2D eigenvalue weighted by Gasteiger charge is -2.27. The third-order valence-electron chi connectivity index (χ3n) is 4.00. The molecule has 1 saturated carbocycles. The van der Waals surface area contributed by atoms with E-state index in [1.807, 2.05) is 0 Å². The van der Waals surface area contributed by atoms with Crippen molar-refractivity contribution in [1.82, 2.24) is 10.6 Å². The molecule has 1 aliphatic heterocycles. The fourth-order valence-electron chi connectivity index (χ4n) is 2.85. The molecule has 2 fully saturated rings. The van der Waals surface area contributed by atoms with Crippen LogP contribution in [0.3, 0.4) is 0 Å². The van der Waals surface area contributed by atoms with E-state index in [9.17, 15) is 9.90 Å². The van der Waals surface area contributed by atoms with Crippen molar-refractivity contribution in [1.29, 1.82) is 0 Å². The van der Waals surface area contributed by atoms with Crippen LogP contribution in [-0.2, 0) is 4.79 Å². The molecule has 1 heterocycles. The lowest BCUT2D eigenvalue weighted by molar-refractivity contribution is -0.124. The highest BCUT2D eigenvalue weighted by Gasteiger charge is 2.30. The zero-order chi connectivity index (χ0) is 12.1. The molecule has 0 bridgehead atoms. The van der Waals surface area contributed by atoms with Gasteiger partial charge in [-0.3, -0.25) is 4.79 Å². The van der Waals surface area contributed by atoms with E-state index in [1.54, 1.807) is 0 Å². The molecule has 2 rings (SSSR count). The second kappa shape index (κ2) is 5.83. The highest BCUT2D eigenvalue weighted by molar-refractivity contribution is 5.82. The van der Waals surface area contributed by atoms with Crippen molar-refractivity contribution < 1.29 is 9.90 Å². The third kappa shape index (κ3) is 3.68. The highest BCUT2D eigenvalue weighted by atomic mass is 16.3. The molecule has 0 aromatic rings. The Balaban J connectivity index is 1.77. The van der Waals surface area contributed by atoms with Crippen LogP contribution in [0.2, 0.25) is 0 Å². The maximum Gasteiger partial charge on any atom is 0.237 e. The Labute approximate surface area is 103 Å².